The summed E-state index contributed by atoms with van der Waals surface area (Å²) in [5, 5.41) is 0. The van der Waals surface area contributed by atoms with Crippen molar-refractivity contribution in [3.63, 3.8) is 0 Å². The van der Waals surface area contributed by atoms with E-state index in [-0.39, 0.29) is 24.2 Å². The zero-order valence-electron chi connectivity index (χ0n) is 28.3. The van der Waals surface area contributed by atoms with Gasteiger partial charge >= 0.3 is 182 Å². The van der Waals surface area contributed by atoms with Crippen LogP contribution in [0.4, 0.5) is 0 Å². The van der Waals surface area contributed by atoms with E-state index in [4.69, 9.17) is 14.7 Å². The van der Waals surface area contributed by atoms with Crippen molar-refractivity contribution in [1.29, 1.82) is 0 Å². The number of hydrogen-bond acceptors (Lipinski definition) is 3. The van der Waals surface area contributed by atoms with Crippen LogP contribution in [0.3, 0.4) is 0 Å². The van der Waals surface area contributed by atoms with Crippen LogP contribution in [-0.2, 0) is 0 Å². The van der Waals surface area contributed by atoms with Gasteiger partial charge in [0.2, 0.25) is 0 Å². The third-order valence-corrected chi connectivity index (χ3v) is 13.9. The molecule has 248 valence electrons. The molecule has 3 nitrogen and oxygen atoms in total. The van der Waals surface area contributed by atoms with Crippen LogP contribution < -0.4 is 0 Å². The van der Waals surface area contributed by atoms with Gasteiger partial charge in [-0.05, 0) is 0 Å². The van der Waals surface area contributed by atoms with Crippen molar-refractivity contribution in [3.05, 3.63) is 0 Å². The Balaban J connectivity index is 0. The van der Waals surface area contributed by atoms with Gasteiger partial charge in [0.15, 0.2) is 0 Å². The maximum atomic E-state index is 7.23. The van der Waals surface area contributed by atoms with Crippen LogP contribution in [0.5, 0.6) is 0 Å². The maximum absolute atomic E-state index is 7.23. The van der Waals surface area contributed by atoms with Gasteiger partial charge in [0, 0.05) is 0 Å². The molecule has 5 heteroatoms. The van der Waals surface area contributed by atoms with Crippen LogP contribution in [0.2, 0.25) is 7.96 Å². The van der Waals surface area contributed by atoms with E-state index in [1.54, 1.807) is 33.6 Å². The molecule has 0 aliphatic rings. The molecule has 0 aromatic rings. The fraction of sp³-hybridized carbons (Fsp3) is 1.00. The second kappa shape index (κ2) is 43.4. The molecule has 0 saturated heterocycles. The zero-order chi connectivity index (χ0) is 30.3. The molecular formula is C36H77O3PPb. The Kier molecular flexibility index (Phi) is 46.9. The first kappa shape index (κ1) is 44.4. The van der Waals surface area contributed by atoms with Crippen LogP contribution in [0.25, 0.3) is 0 Å². The number of rotatable bonds is 34. The Bertz CT molecular complexity index is 389. The Morgan fingerprint density at radius 1 is 0.293 bits per heavy atom. The standard InChI is InChI=1S/2C18H37.H3O3P.Pb/c2*1-3-5-7-9-11-13-15-17-18-16-14-12-10-8-6-4-2;1-4(2)3;/h2*1,3-18H2,2H3;1-3H;. The molecule has 0 spiro atoms. The molecule has 0 aliphatic heterocycles. The van der Waals surface area contributed by atoms with Crippen LogP contribution in [0.1, 0.15) is 219 Å². The summed E-state index contributed by atoms with van der Waals surface area (Å²) in [5.74, 6) is 0. The van der Waals surface area contributed by atoms with E-state index in [1.807, 2.05) is 0 Å². The molecule has 41 heavy (non-hydrogen) atoms. The fourth-order valence-electron chi connectivity index (χ4n) is 5.72. The minimum absolute atomic E-state index is 0.204. The molecule has 0 heterocycles. The van der Waals surface area contributed by atoms with Crippen molar-refractivity contribution >= 4 is 32.8 Å². The first-order valence-electron chi connectivity index (χ1n) is 18.7. The minimum Gasteiger partial charge on any atom is -0.328 e. The molecule has 3 N–H and O–H groups in total. The van der Waals surface area contributed by atoms with Gasteiger partial charge in [-0.15, -0.1) is 0 Å². The normalized spacial score (nSPS) is 11.3. The first-order valence-corrected chi connectivity index (χ1v) is 25.4. The summed E-state index contributed by atoms with van der Waals surface area (Å²) in [6.07, 6.45) is 47.9. The third kappa shape index (κ3) is 51.1. The summed E-state index contributed by atoms with van der Waals surface area (Å²) in [6, 6.07) is 0. The molecule has 0 bridgehead atoms. The summed E-state index contributed by atoms with van der Waals surface area (Å²) in [4.78, 5) is 21.7. The molecule has 0 aliphatic carbocycles. The molecule has 2 radical (unpaired) electrons. The number of unbranched alkanes of at least 4 members (excludes halogenated alkanes) is 30. The average molecular weight is 796 g/mol. The fourth-order valence-corrected chi connectivity index (χ4v) is 10.6. The van der Waals surface area contributed by atoms with Gasteiger partial charge in [-0.3, -0.25) is 0 Å². The van der Waals surface area contributed by atoms with Crippen LogP contribution in [0.15, 0.2) is 0 Å². The quantitative estimate of drug-likeness (QED) is 0.0345. The van der Waals surface area contributed by atoms with Gasteiger partial charge in [-0.1, -0.05) is 78.1 Å². The zero-order valence-corrected chi connectivity index (χ0v) is 33.1. The van der Waals surface area contributed by atoms with Crippen LogP contribution in [0, 0.1) is 0 Å². The summed E-state index contributed by atoms with van der Waals surface area (Å²) in [6.45, 7) is 4.62. The Morgan fingerprint density at radius 3 is 0.610 bits per heavy atom. The second-order valence-electron chi connectivity index (χ2n) is 12.6. The SMILES string of the molecule is CCCCCCCCCCCCCCCCC[CH2][Pb][CH2]CCCCCCCCCCCCCCCCC.OP(O)O. The molecule has 0 aromatic carbocycles. The molecular weight excluding hydrogens is 719 g/mol. The average Bonchev–Trinajstić information content (AvgIpc) is 2.95. The Labute approximate surface area is 273 Å². The molecule has 0 aromatic heterocycles. The molecule has 0 atom stereocenters. The van der Waals surface area contributed by atoms with E-state index in [0.717, 1.165) is 0 Å². The summed E-state index contributed by atoms with van der Waals surface area (Å²) >= 11 is -0.204. The monoisotopic (exact) mass is 797 g/mol. The van der Waals surface area contributed by atoms with E-state index in [0.29, 0.717) is 0 Å². The van der Waals surface area contributed by atoms with E-state index in [9.17, 15) is 0 Å². The van der Waals surface area contributed by atoms with E-state index < -0.39 is 8.60 Å². The van der Waals surface area contributed by atoms with Crippen molar-refractivity contribution < 1.29 is 14.7 Å². The number of hydrogen-bond donors (Lipinski definition) is 3. The molecule has 0 rings (SSSR count). The van der Waals surface area contributed by atoms with Crippen molar-refractivity contribution in [3.8, 4) is 0 Å². The predicted octanol–water partition coefficient (Wildman–Crippen LogP) is 13.2. The smallest absolute Gasteiger partial charge is 0.328 e. The predicted molar refractivity (Wildman–Crippen MR) is 188 cm³/mol. The van der Waals surface area contributed by atoms with Crippen molar-refractivity contribution in [2.45, 2.75) is 227 Å². The summed E-state index contributed by atoms with van der Waals surface area (Å²) in [7, 11) is -2.62. The van der Waals surface area contributed by atoms with Gasteiger partial charge in [-0.2, -0.15) is 0 Å². The minimum atomic E-state index is -2.62. The third-order valence-electron chi connectivity index (χ3n) is 8.41. The second-order valence-corrected chi connectivity index (χ2v) is 19.0. The van der Waals surface area contributed by atoms with E-state index >= 15 is 0 Å². The summed E-state index contributed by atoms with van der Waals surface area (Å²) in [5.41, 5.74) is 0. The van der Waals surface area contributed by atoms with Gasteiger partial charge < -0.3 is 14.7 Å². The molecule has 0 fully saturated rings. The van der Waals surface area contributed by atoms with E-state index in [2.05, 4.69) is 13.8 Å². The topological polar surface area (TPSA) is 60.7 Å². The molecule has 0 saturated carbocycles. The van der Waals surface area contributed by atoms with Crippen molar-refractivity contribution in [1.82, 2.24) is 0 Å². The van der Waals surface area contributed by atoms with E-state index in [1.165, 1.54) is 180 Å². The van der Waals surface area contributed by atoms with Gasteiger partial charge in [0.05, 0.1) is 0 Å². The summed E-state index contributed by atoms with van der Waals surface area (Å²) < 4.78 is 3.38. The van der Waals surface area contributed by atoms with Crippen LogP contribution >= 0.6 is 8.60 Å². The van der Waals surface area contributed by atoms with Crippen molar-refractivity contribution in [2.24, 2.45) is 0 Å². The van der Waals surface area contributed by atoms with Gasteiger partial charge in [0.25, 0.3) is 0 Å². The molecule has 0 unspecified atom stereocenters. The van der Waals surface area contributed by atoms with Gasteiger partial charge in [-0.25, -0.2) is 0 Å². The van der Waals surface area contributed by atoms with Crippen molar-refractivity contribution in [2.75, 3.05) is 0 Å². The van der Waals surface area contributed by atoms with Gasteiger partial charge in [0.1, 0.15) is 0 Å². The van der Waals surface area contributed by atoms with Crippen LogP contribution in [-0.4, -0.2) is 38.9 Å². The molecule has 0 amide bonds. The Hall–Kier alpha value is 1.23. The Morgan fingerprint density at radius 2 is 0.439 bits per heavy atom. The first-order chi connectivity index (χ1) is 20.1.